The highest BCUT2D eigenvalue weighted by Crippen LogP contribution is 2.19. The van der Waals surface area contributed by atoms with Gasteiger partial charge in [-0.3, -0.25) is 9.00 Å². The Morgan fingerprint density at radius 2 is 1.85 bits per heavy atom. The lowest BCUT2D eigenvalue weighted by Crippen LogP contribution is -2.18. The summed E-state index contributed by atoms with van der Waals surface area (Å²) in [6.07, 6.45) is -5.51. The van der Waals surface area contributed by atoms with Crippen molar-refractivity contribution in [3.8, 4) is 0 Å². The average molecular weight is 217 g/mol. The van der Waals surface area contributed by atoms with Crippen LogP contribution in [0.2, 0.25) is 0 Å². The van der Waals surface area contributed by atoms with E-state index in [0.717, 1.165) is 0 Å². The number of alkyl halides is 3. The molecule has 0 aromatic rings. The fourth-order valence-electron chi connectivity index (χ4n) is 0.546. The van der Waals surface area contributed by atoms with Crippen LogP contribution >= 0.6 is 0 Å². The van der Waals surface area contributed by atoms with Crippen molar-refractivity contribution >= 4 is 16.7 Å². The van der Waals surface area contributed by atoms with Crippen LogP contribution in [0.3, 0.4) is 0 Å². The molecule has 7 heteroatoms. The second kappa shape index (κ2) is 5.21. The molecule has 0 radical (unpaired) electrons. The van der Waals surface area contributed by atoms with Gasteiger partial charge in [-0.15, -0.1) is 0 Å². The number of nitrogens with two attached hydrogens (primary N) is 1. The zero-order valence-electron chi connectivity index (χ0n) is 6.76. The highest BCUT2D eigenvalue weighted by Gasteiger charge is 2.27. The van der Waals surface area contributed by atoms with Crippen LogP contribution in [0.25, 0.3) is 0 Å². The number of halogens is 3. The van der Waals surface area contributed by atoms with Gasteiger partial charge < -0.3 is 5.73 Å². The van der Waals surface area contributed by atoms with Gasteiger partial charge >= 0.3 is 6.18 Å². The molecule has 13 heavy (non-hydrogen) atoms. The smallest absolute Gasteiger partial charge is 0.370 e. The molecule has 0 aromatic carbocycles. The third kappa shape index (κ3) is 9.32. The van der Waals surface area contributed by atoms with Crippen molar-refractivity contribution in [2.24, 2.45) is 5.73 Å². The van der Waals surface area contributed by atoms with E-state index in [1.165, 1.54) is 0 Å². The third-order valence-corrected chi connectivity index (χ3v) is 2.51. The molecule has 0 aliphatic heterocycles. The highest BCUT2D eigenvalue weighted by molar-refractivity contribution is 7.84. The lowest BCUT2D eigenvalue weighted by molar-refractivity contribution is -0.129. The normalized spacial score (nSPS) is 14.1. The Balaban J connectivity index is 3.58. The predicted octanol–water partition coefficient (Wildman–Crippen LogP) is 0.563. The van der Waals surface area contributed by atoms with E-state index in [2.05, 4.69) is 0 Å². The van der Waals surface area contributed by atoms with E-state index in [9.17, 15) is 22.2 Å². The van der Waals surface area contributed by atoms with E-state index in [1.54, 1.807) is 0 Å². The molecular formula is C6H10F3NO2S. The lowest BCUT2D eigenvalue weighted by Gasteiger charge is -2.04. The summed E-state index contributed by atoms with van der Waals surface area (Å²) >= 11 is 0. The van der Waals surface area contributed by atoms with Crippen LogP contribution in [0.15, 0.2) is 0 Å². The van der Waals surface area contributed by atoms with E-state index < -0.39 is 35.1 Å². The van der Waals surface area contributed by atoms with Gasteiger partial charge in [-0.1, -0.05) is 0 Å². The third-order valence-electron chi connectivity index (χ3n) is 1.19. The minimum atomic E-state index is -4.29. The first-order valence-corrected chi connectivity index (χ1v) is 5.00. The molecule has 1 amide bonds. The molecule has 0 spiro atoms. The number of amides is 1. The summed E-state index contributed by atoms with van der Waals surface area (Å²) in [5, 5.41) is 0. The van der Waals surface area contributed by atoms with Crippen molar-refractivity contribution in [3.05, 3.63) is 0 Å². The zero-order valence-corrected chi connectivity index (χ0v) is 7.58. The predicted molar refractivity (Wildman–Crippen MR) is 42.4 cm³/mol. The Morgan fingerprint density at radius 3 is 2.23 bits per heavy atom. The molecule has 0 rings (SSSR count). The minimum Gasteiger partial charge on any atom is -0.370 e. The van der Waals surface area contributed by atoms with Gasteiger partial charge in [-0.25, -0.2) is 0 Å². The largest absolute Gasteiger partial charge is 0.390 e. The van der Waals surface area contributed by atoms with Gasteiger partial charge in [0, 0.05) is 28.7 Å². The summed E-state index contributed by atoms with van der Waals surface area (Å²) in [6, 6.07) is 0. The van der Waals surface area contributed by atoms with Gasteiger partial charge in [0.05, 0.1) is 6.42 Å². The first-order valence-electron chi connectivity index (χ1n) is 3.51. The molecule has 2 N–H and O–H groups in total. The van der Waals surface area contributed by atoms with Crippen molar-refractivity contribution in [1.82, 2.24) is 0 Å². The molecule has 0 heterocycles. The number of hydrogen-bond acceptors (Lipinski definition) is 2. The number of carbonyl (C=O) groups excluding carboxylic acids is 1. The maximum Gasteiger partial charge on any atom is 0.390 e. The Labute approximate surface area is 75.9 Å². The summed E-state index contributed by atoms with van der Waals surface area (Å²) < 4.78 is 45.6. The molecular weight excluding hydrogens is 207 g/mol. The Hall–Kier alpha value is -0.590. The second-order valence-electron chi connectivity index (χ2n) is 2.43. The SMILES string of the molecule is NC(=O)CCS(=O)CCC(F)(F)F. The molecule has 0 aliphatic carbocycles. The van der Waals surface area contributed by atoms with Gasteiger partial charge in [0.25, 0.3) is 0 Å². The number of primary amides is 1. The number of rotatable bonds is 5. The van der Waals surface area contributed by atoms with Gasteiger partial charge in [-0.2, -0.15) is 13.2 Å². The van der Waals surface area contributed by atoms with Crippen molar-refractivity contribution < 1.29 is 22.2 Å². The van der Waals surface area contributed by atoms with E-state index in [4.69, 9.17) is 5.73 Å². The van der Waals surface area contributed by atoms with Crippen LogP contribution in [-0.4, -0.2) is 27.8 Å². The van der Waals surface area contributed by atoms with Crippen molar-refractivity contribution in [1.29, 1.82) is 0 Å². The molecule has 0 aromatic heterocycles. The van der Waals surface area contributed by atoms with Crippen LogP contribution in [0, 0.1) is 0 Å². The van der Waals surface area contributed by atoms with Crippen molar-refractivity contribution in [3.63, 3.8) is 0 Å². The molecule has 1 atom stereocenters. The Kier molecular flexibility index (Phi) is 4.97. The second-order valence-corrected chi connectivity index (χ2v) is 4.13. The maximum absolute atomic E-state index is 11.6. The monoisotopic (exact) mass is 217 g/mol. The first kappa shape index (κ1) is 12.4. The quantitative estimate of drug-likeness (QED) is 0.731. The van der Waals surface area contributed by atoms with Crippen LogP contribution in [0.4, 0.5) is 13.2 Å². The molecule has 78 valence electrons. The first-order chi connectivity index (χ1) is 5.81. The number of carbonyl (C=O) groups is 1. The van der Waals surface area contributed by atoms with Crippen LogP contribution in [0.1, 0.15) is 12.8 Å². The lowest BCUT2D eigenvalue weighted by atomic mass is 10.5. The van der Waals surface area contributed by atoms with E-state index in [0.29, 0.717) is 0 Å². The highest BCUT2D eigenvalue weighted by atomic mass is 32.2. The van der Waals surface area contributed by atoms with E-state index in [-0.39, 0.29) is 12.2 Å². The van der Waals surface area contributed by atoms with Gasteiger partial charge in [-0.05, 0) is 0 Å². The Bertz CT molecular complexity index is 205. The molecule has 0 fully saturated rings. The van der Waals surface area contributed by atoms with Gasteiger partial charge in [0.2, 0.25) is 5.91 Å². The Morgan fingerprint density at radius 1 is 1.31 bits per heavy atom. The summed E-state index contributed by atoms with van der Waals surface area (Å²) in [5.41, 5.74) is 4.73. The molecule has 0 saturated carbocycles. The van der Waals surface area contributed by atoms with Gasteiger partial charge in [0.15, 0.2) is 0 Å². The fraction of sp³-hybridized carbons (Fsp3) is 0.833. The minimum absolute atomic E-state index is 0.0919. The van der Waals surface area contributed by atoms with Gasteiger partial charge in [0.1, 0.15) is 0 Å². The van der Waals surface area contributed by atoms with E-state index in [1.807, 2.05) is 0 Å². The van der Waals surface area contributed by atoms with Crippen molar-refractivity contribution in [2.75, 3.05) is 11.5 Å². The summed E-state index contributed by atoms with van der Waals surface area (Å²) in [6.45, 7) is 0. The number of hydrogen-bond donors (Lipinski definition) is 1. The molecule has 0 aliphatic rings. The fourth-order valence-corrected chi connectivity index (χ4v) is 1.64. The average Bonchev–Trinajstić information content (AvgIpc) is 1.95. The molecule has 0 bridgehead atoms. The van der Waals surface area contributed by atoms with Crippen molar-refractivity contribution in [2.45, 2.75) is 19.0 Å². The summed E-state index contributed by atoms with van der Waals surface area (Å²) in [4.78, 5) is 10.2. The molecule has 0 saturated heterocycles. The summed E-state index contributed by atoms with van der Waals surface area (Å²) in [7, 11) is -1.61. The molecule has 1 unspecified atom stereocenters. The van der Waals surface area contributed by atoms with Crippen LogP contribution in [-0.2, 0) is 15.6 Å². The zero-order chi connectivity index (χ0) is 10.5. The van der Waals surface area contributed by atoms with E-state index >= 15 is 0 Å². The summed E-state index contributed by atoms with van der Waals surface area (Å²) in [5.74, 6) is -1.21. The van der Waals surface area contributed by atoms with Crippen LogP contribution in [0.5, 0.6) is 0 Å². The molecule has 3 nitrogen and oxygen atoms in total. The maximum atomic E-state index is 11.6. The topological polar surface area (TPSA) is 60.2 Å². The standard InChI is InChI=1S/C6H10F3NO2S/c7-6(8,9)2-4-13(12)3-1-5(10)11/h1-4H2,(H2,10,11). The van der Waals surface area contributed by atoms with Crippen LogP contribution < -0.4 is 5.73 Å².